The number of benzene rings is 1. The van der Waals surface area contributed by atoms with Crippen molar-refractivity contribution in [3.05, 3.63) is 40.3 Å². The molecule has 0 unspecified atom stereocenters. The molecule has 0 bridgehead atoms. The maximum atomic E-state index is 13.0. The molecule has 0 saturated heterocycles. The second-order valence-corrected chi connectivity index (χ2v) is 6.42. The molecule has 1 aromatic heterocycles. The largest absolute Gasteiger partial charge is 0.494 e. The average molecular weight is 355 g/mol. The van der Waals surface area contributed by atoms with Crippen LogP contribution in [0.15, 0.2) is 29.3 Å². The maximum absolute atomic E-state index is 13.0. The Morgan fingerprint density at radius 3 is 2.50 bits per heavy atom. The van der Waals surface area contributed by atoms with Crippen LogP contribution >= 0.6 is 0 Å². The number of hydrogen-bond acceptors (Lipinski definition) is 7. The van der Waals surface area contributed by atoms with Crippen molar-refractivity contribution in [2.45, 2.75) is 25.7 Å². The zero-order valence-corrected chi connectivity index (χ0v) is 14.2. The number of rotatable bonds is 7. The Balaban J connectivity index is 2.70. The van der Waals surface area contributed by atoms with Gasteiger partial charge in [-0.05, 0) is 30.9 Å². The van der Waals surface area contributed by atoms with Crippen LogP contribution in [-0.2, 0) is 10.0 Å². The van der Waals surface area contributed by atoms with Crippen molar-refractivity contribution in [1.29, 1.82) is 0 Å². The van der Waals surface area contributed by atoms with Crippen LogP contribution < -0.4 is 9.47 Å². The fourth-order valence-corrected chi connectivity index (χ4v) is 3.76. The lowest BCUT2D eigenvalue weighted by atomic mass is 10.3. The highest BCUT2D eigenvalue weighted by molar-refractivity contribution is 7.90. The third kappa shape index (κ3) is 3.18. The van der Waals surface area contributed by atoms with Crippen molar-refractivity contribution in [1.82, 2.24) is 8.96 Å². The summed E-state index contributed by atoms with van der Waals surface area (Å²) >= 11 is 0. The van der Waals surface area contributed by atoms with Gasteiger partial charge in [0.2, 0.25) is 5.82 Å². The summed E-state index contributed by atoms with van der Waals surface area (Å²) in [5.41, 5.74) is 0. The Bertz CT molecular complexity index is 859. The molecule has 0 spiro atoms. The maximum Gasteiger partial charge on any atom is 0.358 e. The van der Waals surface area contributed by atoms with Crippen molar-refractivity contribution < 1.29 is 22.8 Å². The number of nitrogens with zero attached hydrogens (tertiary/aromatic N) is 3. The van der Waals surface area contributed by atoms with E-state index in [9.17, 15) is 18.5 Å². The summed E-state index contributed by atoms with van der Waals surface area (Å²) in [6, 6.07) is 4.31. The molecule has 0 aliphatic carbocycles. The molecule has 0 fully saturated rings. The number of hydrogen-bond donors (Lipinski definition) is 0. The average Bonchev–Trinajstić information content (AvgIpc) is 2.92. The molecule has 0 aliphatic rings. The standard InChI is InChI=1S/C14H17N3O6S/c1-4-22-11-6-7-12(23-5-2)13(8-11)24(20,21)16-10(3)15-9-14(16)17(18)19/h6-9H,4-5H2,1-3H3. The Morgan fingerprint density at radius 2 is 1.92 bits per heavy atom. The molecular weight excluding hydrogens is 338 g/mol. The van der Waals surface area contributed by atoms with Gasteiger partial charge in [-0.1, -0.05) is 3.97 Å². The molecule has 0 aliphatic heterocycles. The van der Waals surface area contributed by atoms with Gasteiger partial charge in [0.05, 0.1) is 13.2 Å². The SMILES string of the molecule is CCOc1ccc(OCC)c(S(=O)(=O)n2c([N+](=O)[O-])cnc2C)c1. The molecule has 2 rings (SSSR count). The van der Waals surface area contributed by atoms with E-state index in [0.717, 1.165) is 6.20 Å². The van der Waals surface area contributed by atoms with E-state index in [0.29, 0.717) is 16.3 Å². The van der Waals surface area contributed by atoms with E-state index in [-0.39, 0.29) is 23.1 Å². The predicted molar refractivity (Wildman–Crippen MR) is 85.0 cm³/mol. The minimum atomic E-state index is -4.29. The lowest BCUT2D eigenvalue weighted by Gasteiger charge is -2.12. The molecule has 0 N–H and O–H groups in total. The van der Waals surface area contributed by atoms with Crippen LogP contribution in [0.5, 0.6) is 11.5 Å². The molecule has 2 aromatic rings. The van der Waals surface area contributed by atoms with Crippen LogP contribution in [0.2, 0.25) is 0 Å². The van der Waals surface area contributed by atoms with E-state index < -0.39 is 20.8 Å². The summed E-state index contributed by atoms with van der Waals surface area (Å²) in [5.74, 6) is -0.258. The van der Waals surface area contributed by atoms with E-state index in [2.05, 4.69) is 4.98 Å². The Hall–Kier alpha value is -2.62. The van der Waals surface area contributed by atoms with Gasteiger partial charge in [-0.2, -0.15) is 8.42 Å². The van der Waals surface area contributed by atoms with Crippen LogP contribution in [0.25, 0.3) is 0 Å². The fraction of sp³-hybridized carbons (Fsp3) is 0.357. The fourth-order valence-electron chi connectivity index (χ4n) is 2.16. The van der Waals surface area contributed by atoms with Crippen LogP contribution in [0.3, 0.4) is 0 Å². The van der Waals surface area contributed by atoms with Crippen molar-refractivity contribution in [2.24, 2.45) is 0 Å². The van der Waals surface area contributed by atoms with E-state index in [4.69, 9.17) is 9.47 Å². The predicted octanol–water partition coefficient (Wildman–Crippen LogP) is 2.13. The Labute approximate surface area is 139 Å². The second-order valence-electron chi connectivity index (χ2n) is 4.66. The van der Waals surface area contributed by atoms with Gasteiger partial charge in [0.25, 0.3) is 0 Å². The smallest absolute Gasteiger partial charge is 0.358 e. The first-order chi connectivity index (χ1) is 11.3. The minimum absolute atomic E-state index is 0.0223. The van der Waals surface area contributed by atoms with Crippen LogP contribution in [-0.4, -0.2) is 35.5 Å². The third-order valence-electron chi connectivity index (χ3n) is 3.10. The van der Waals surface area contributed by atoms with Gasteiger partial charge in [-0.25, -0.2) is 4.98 Å². The van der Waals surface area contributed by atoms with E-state index in [1.54, 1.807) is 19.9 Å². The van der Waals surface area contributed by atoms with E-state index >= 15 is 0 Å². The molecule has 10 heteroatoms. The van der Waals surface area contributed by atoms with Crippen LogP contribution in [0.4, 0.5) is 5.82 Å². The van der Waals surface area contributed by atoms with Gasteiger partial charge in [0.15, 0.2) is 4.90 Å². The molecule has 0 atom stereocenters. The zero-order chi connectivity index (χ0) is 17.9. The van der Waals surface area contributed by atoms with Crippen LogP contribution in [0, 0.1) is 17.0 Å². The van der Waals surface area contributed by atoms with Crippen molar-refractivity contribution >= 4 is 15.8 Å². The molecule has 130 valence electrons. The van der Waals surface area contributed by atoms with E-state index in [1.807, 2.05) is 0 Å². The zero-order valence-electron chi connectivity index (χ0n) is 13.4. The summed E-state index contributed by atoms with van der Waals surface area (Å²) in [6.45, 7) is 5.42. The third-order valence-corrected chi connectivity index (χ3v) is 4.91. The van der Waals surface area contributed by atoms with Gasteiger partial charge in [0, 0.05) is 13.0 Å². The topological polar surface area (TPSA) is 114 Å². The highest BCUT2D eigenvalue weighted by Crippen LogP contribution is 2.32. The lowest BCUT2D eigenvalue weighted by Crippen LogP contribution is -2.18. The van der Waals surface area contributed by atoms with Crippen molar-refractivity contribution in [2.75, 3.05) is 13.2 Å². The number of imidazole rings is 1. The molecule has 0 radical (unpaired) electrons. The Kier molecular flexibility index (Phi) is 5.07. The first kappa shape index (κ1) is 17.7. The van der Waals surface area contributed by atoms with E-state index in [1.165, 1.54) is 19.1 Å². The van der Waals surface area contributed by atoms with Gasteiger partial charge in [0.1, 0.15) is 17.7 Å². The van der Waals surface area contributed by atoms with Gasteiger partial charge in [-0.15, -0.1) is 0 Å². The Morgan fingerprint density at radius 1 is 1.25 bits per heavy atom. The summed E-state index contributed by atoms with van der Waals surface area (Å²) in [5, 5.41) is 11.1. The molecule has 1 heterocycles. The number of nitro groups is 1. The lowest BCUT2D eigenvalue weighted by molar-refractivity contribution is -0.390. The van der Waals surface area contributed by atoms with Gasteiger partial charge < -0.3 is 19.6 Å². The number of aryl methyl sites for hydroxylation is 1. The molecule has 0 amide bonds. The molecule has 24 heavy (non-hydrogen) atoms. The molecule has 9 nitrogen and oxygen atoms in total. The number of aromatic nitrogens is 2. The highest BCUT2D eigenvalue weighted by Gasteiger charge is 2.34. The van der Waals surface area contributed by atoms with Gasteiger partial charge in [-0.3, -0.25) is 0 Å². The highest BCUT2D eigenvalue weighted by atomic mass is 32.2. The van der Waals surface area contributed by atoms with Gasteiger partial charge >= 0.3 is 15.8 Å². The first-order valence-electron chi connectivity index (χ1n) is 7.16. The normalized spacial score (nSPS) is 11.3. The summed E-state index contributed by atoms with van der Waals surface area (Å²) < 4.78 is 37.2. The monoisotopic (exact) mass is 355 g/mol. The summed E-state index contributed by atoms with van der Waals surface area (Å²) in [6.07, 6.45) is 0.902. The molecule has 0 saturated carbocycles. The first-order valence-corrected chi connectivity index (χ1v) is 8.60. The summed E-state index contributed by atoms with van der Waals surface area (Å²) in [7, 11) is -4.29. The second kappa shape index (κ2) is 6.87. The summed E-state index contributed by atoms with van der Waals surface area (Å²) in [4.78, 5) is 13.8. The van der Waals surface area contributed by atoms with Crippen LogP contribution in [0.1, 0.15) is 19.7 Å². The van der Waals surface area contributed by atoms with Crippen molar-refractivity contribution in [3.63, 3.8) is 0 Å². The minimum Gasteiger partial charge on any atom is -0.494 e. The number of ether oxygens (including phenoxy) is 2. The van der Waals surface area contributed by atoms with Crippen molar-refractivity contribution in [3.8, 4) is 11.5 Å². The molecular formula is C14H17N3O6S. The quantitative estimate of drug-likeness (QED) is 0.552. The molecule has 1 aromatic carbocycles.